The Hall–Kier alpha value is -2.39. The van der Waals surface area contributed by atoms with E-state index in [9.17, 15) is 0 Å². The van der Waals surface area contributed by atoms with Crippen LogP contribution in [0.2, 0.25) is 0 Å². The number of benzene rings is 2. The molecule has 24 heavy (non-hydrogen) atoms. The third-order valence-corrected chi connectivity index (χ3v) is 4.34. The first-order valence-electron chi connectivity index (χ1n) is 8.41. The lowest BCUT2D eigenvalue weighted by molar-refractivity contribution is -0.165. The summed E-state index contributed by atoms with van der Waals surface area (Å²) in [6.45, 7) is 6.51. The third-order valence-electron chi connectivity index (χ3n) is 4.34. The van der Waals surface area contributed by atoms with E-state index in [-0.39, 0.29) is 18.1 Å². The van der Waals surface area contributed by atoms with Gasteiger partial charge in [0.15, 0.2) is 0 Å². The normalized spacial score (nSPS) is 23.2. The predicted octanol–water partition coefficient (Wildman–Crippen LogP) is 4.76. The monoisotopic (exact) mass is 321 g/mol. The van der Waals surface area contributed by atoms with Crippen molar-refractivity contribution in [1.82, 2.24) is 0 Å². The van der Waals surface area contributed by atoms with Crippen molar-refractivity contribution < 1.29 is 9.57 Å². The molecule has 0 saturated carbocycles. The zero-order chi connectivity index (χ0) is 16.8. The van der Waals surface area contributed by atoms with E-state index in [1.54, 1.807) is 0 Å². The van der Waals surface area contributed by atoms with E-state index in [2.05, 4.69) is 48.1 Å². The molecule has 3 atom stereocenters. The van der Waals surface area contributed by atoms with Crippen LogP contribution in [-0.4, -0.2) is 18.6 Å². The summed E-state index contributed by atoms with van der Waals surface area (Å²) < 4.78 is 5.85. The van der Waals surface area contributed by atoms with Gasteiger partial charge in [-0.05, 0) is 24.5 Å². The molecule has 0 aromatic heterocycles. The highest BCUT2D eigenvalue weighted by Gasteiger charge is 2.39. The zero-order valence-electron chi connectivity index (χ0n) is 14.0. The molecule has 0 fully saturated rings. The van der Waals surface area contributed by atoms with Crippen LogP contribution in [0.5, 0.6) is 0 Å². The topological polar surface area (TPSA) is 30.8 Å². The van der Waals surface area contributed by atoms with Gasteiger partial charge in [-0.1, -0.05) is 71.9 Å². The molecular formula is C21H23NO2. The van der Waals surface area contributed by atoms with Gasteiger partial charge in [0.05, 0.1) is 11.6 Å². The second-order valence-corrected chi connectivity index (χ2v) is 5.84. The second-order valence-electron chi connectivity index (χ2n) is 5.84. The number of rotatable bonds is 6. The number of hydrogen-bond acceptors (Lipinski definition) is 3. The predicted molar refractivity (Wildman–Crippen MR) is 97.0 cm³/mol. The van der Waals surface area contributed by atoms with Crippen LogP contribution in [0, 0.1) is 5.92 Å². The lowest BCUT2D eigenvalue weighted by Gasteiger charge is -2.36. The summed E-state index contributed by atoms with van der Waals surface area (Å²) in [5.41, 5.74) is 3.24. The van der Waals surface area contributed by atoms with Gasteiger partial charge in [0.1, 0.15) is 0 Å². The minimum atomic E-state index is -0.380. The van der Waals surface area contributed by atoms with Gasteiger partial charge in [-0.2, -0.15) is 0 Å². The first-order chi connectivity index (χ1) is 11.8. The fourth-order valence-corrected chi connectivity index (χ4v) is 3.28. The molecule has 124 valence electrons. The molecule has 1 heterocycles. The van der Waals surface area contributed by atoms with Crippen molar-refractivity contribution in [1.29, 1.82) is 0 Å². The van der Waals surface area contributed by atoms with Crippen LogP contribution < -0.4 is 0 Å². The Kier molecular flexibility index (Phi) is 5.44. The molecule has 2 aromatic rings. The highest BCUT2D eigenvalue weighted by Crippen LogP contribution is 2.38. The first kappa shape index (κ1) is 16.5. The van der Waals surface area contributed by atoms with Crippen molar-refractivity contribution in [2.45, 2.75) is 25.6 Å². The molecule has 2 aromatic carbocycles. The largest absolute Gasteiger partial charge is 0.363 e. The number of ether oxygens (including phenoxy) is 1. The average molecular weight is 321 g/mol. The Morgan fingerprint density at radius 3 is 2.38 bits per heavy atom. The van der Waals surface area contributed by atoms with E-state index in [0.717, 1.165) is 17.7 Å². The minimum absolute atomic E-state index is 0.0804. The second kappa shape index (κ2) is 7.93. The Balaban J connectivity index is 2.04. The number of nitrogens with zero attached hydrogens (tertiary/aromatic N) is 1. The van der Waals surface area contributed by atoms with E-state index in [0.29, 0.717) is 6.61 Å². The molecule has 0 radical (unpaired) electrons. The highest BCUT2D eigenvalue weighted by molar-refractivity contribution is 6.02. The molecule has 1 aliphatic rings. The van der Waals surface area contributed by atoms with Crippen molar-refractivity contribution in [3.8, 4) is 0 Å². The summed E-state index contributed by atoms with van der Waals surface area (Å²) in [5.74, 6) is 0.245. The van der Waals surface area contributed by atoms with Crippen LogP contribution >= 0.6 is 0 Å². The Bertz CT molecular complexity index is 681. The van der Waals surface area contributed by atoms with Crippen molar-refractivity contribution in [3.63, 3.8) is 0 Å². The fraction of sp³-hybridized carbons (Fsp3) is 0.286. The maximum atomic E-state index is 5.85. The van der Waals surface area contributed by atoms with Crippen LogP contribution in [0.15, 0.2) is 78.5 Å². The van der Waals surface area contributed by atoms with Crippen molar-refractivity contribution in [2.24, 2.45) is 11.1 Å². The third kappa shape index (κ3) is 3.41. The molecule has 0 saturated heterocycles. The molecule has 0 amide bonds. The number of oxime groups is 1. The van der Waals surface area contributed by atoms with Crippen LogP contribution in [0.3, 0.4) is 0 Å². The molecular weight excluding hydrogens is 298 g/mol. The summed E-state index contributed by atoms with van der Waals surface area (Å²) in [6, 6.07) is 20.6. The van der Waals surface area contributed by atoms with Crippen molar-refractivity contribution >= 4 is 5.71 Å². The lowest BCUT2D eigenvalue weighted by atomic mass is 9.77. The maximum absolute atomic E-state index is 5.85. The van der Waals surface area contributed by atoms with Gasteiger partial charge in [0.25, 0.3) is 0 Å². The zero-order valence-corrected chi connectivity index (χ0v) is 14.0. The van der Waals surface area contributed by atoms with E-state index >= 15 is 0 Å². The summed E-state index contributed by atoms with van der Waals surface area (Å²) in [4.78, 5) is 5.76. The van der Waals surface area contributed by atoms with Gasteiger partial charge in [-0.25, -0.2) is 0 Å². The van der Waals surface area contributed by atoms with Gasteiger partial charge in [0, 0.05) is 12.5 Å². The molecule has 3 rings (SSSR count). The van der Waals surface area contributed by atoms with E-state index in [1.165, 1.54) is 5.56 Å². The Morgan fingerprint density at radius 1 is 1.08 bits per heavy atom. The first-order valence-corrected chi connectivity index (χ1v) is 8.41. The van der Waals surface area contributed by atoms with Crippen LogP contribution in [0.4, 0.5) is 0 Å². The minimum Gasteiger partial charge on any atom is -0.363 e. The quantitative estimate of drug-likeness (QED) is 0.718. The maximum Gasteiger partial charge on any atom is 0.234 e. The molecule has 3 heteroatoms. The molecule has 0 spiro atoms. The van der Waals surface area contributed by atoms with Crippen LogP contribution in [0.1, 0.15) is 30.4 Å². The summed E-state index contributed by atoms with van der Waals surface area (Å²) >= 11 is 0. The Labute approximate surface area is 143 Å². The summed E-state index contributed by atoms with van der Waals surface area (Å²) in [7, 11) is 0. The van der Waals surface area contributed by atoms with Gasteiger partial charge in [0.2, 0.25) is 6.29 Å². The number of hydrogen-bond donors (Lipinski definition) is 0. The summed E-state index contributed by atoms with van der Waals surface area (Å²) in [5, 5.41) is 4.42. The number of allylic oxidation sites excluding steroid dienone is 1. The highest BCUT2D eigenvalue weighted by atomic mass is 16.8. The lowest BCUT2D eigenvalue weighted by Crippen LogP contribution is -2.38. The molecule has 0 aliphatic carbocycles. The molecule has 1 aliphatic heterocycles. The SMILES string of the molecule is C=CC[C@H]1C(c2ccccc2)=NO[C@@H](OCC)[C@@H]1c1ccccc1. The van der Waals surface area contributed by atoms with E-state index < -0.39 is 0 Å². The standard InChI is InChI=1S/C21H23NO2/c1-3-11-18-19(16-12-7-5-8-13-16)21(23-4-2)24-22-20(18)17-14-9-6-10-15-17/h3,5-10,12-15,18-19,21H,1,4,11H2,2H3/t18-,19-,21-/m1/s1. The molecule has 3 nitrogen and oxygen atoms in total. The van der Waals surface area contributed by atoms with E-state index in [1.807, 2.05) is 37.3 Å². The van der Waals surface area contributed by atoms with Crippen LogP contribution in [-0.2, 0) is 9.57 Å². The van der Waals surface area contributed by atoms with Gasteiger partial charge in [-0.3, -0.25) is 0 Å². The van der Waals surface area contributed by atoms with Gasteiger partial charge >= 0.3 is 0 Å². The molecule has 0 bridgehead atoms. The van der Waals surface area contributed by atoms with Gasteiger partial charge in [-0.15, -0.1) is 6.58 Å². The van der Waals surface area contributed by atoms with Crippen LogP contribution in [0.25, 0.3) is 0 Å². The Morgan fingerprint density at radius 2 is 1.75 bits per heavy atom. The summed E-state index contributed by atoms with van der Waals surface area (Å²) in [6.07, 6.45) is 2.39. The van der Waals surface area contributed by atoms with Crippen molar-refractivity contribution in [3.05, 3.63) is 84.4 Å². The van der Waals surface area contributed by atoms with Gasteiger partial charge < -0.3 is 9.57 Å². The smallest absolute Gasteiger partial charge is 0.234 e. The van der Waals surface area contributed by atoms with Crippen molar-refractivity contribution in [2.75, 3.05) is 6.61 Å². The average Bonchev–Trinajstić information content (AvgIpc) is 2.64. The molecule has 0 N–H and O–H groups in total. The van der Waals surface area contributed by atoms with E-state index in [4.69, 9.17) is 9.57 Å². The molecule has 0 unspecified atom stereocenters. The fourth-order valence-electron chi connectivity index (χ4n) is 3.28.